The van der Waals surface area contributed by atoms with Gasteiger partial charge in [0.05, 0.1) is 22.0 Å². The highest BCUT2D eigenvalue weighted by Crippen LogP contribution is 2.29. The van der Waals surface area contributed by atoms with E-state index in [0.717, 1.165) is 6.42 Å². The molecule has 8 heteroatoms. The summed E-state index contributed by atoms with van der Waals surface area (Å²) in [5.41, 5.74) is 0.894. The Morgan fingerprint density at radius 2 is 2.00 bits per heavy atom. The Morgan fingerprint density at radius 3 is 2.70 bits per heavy atom. The Balaban J connectivity index is 1.97. The molecule has 1 heterocycles. The van der Waals surface area contributed by atoms with E-state index in [9.17, 15) is 13.2 Å². The molecule has 1 aromatic carbocycles. The number of nitrogens with zero attached hydrogens (tertiary/aromatic N) is 1. The summed E-state index contributed by atoms with van der Waals surface area (Å²) in [5, 5.41) is 0.468. The molecular weight excluding hydrogens is 390 g/mol. The predicted octanol–water partition coefficient (Wildman–Crippen LogP) is 3.99. The number of oxazole rings is 1. The molecule has 0 saturated carbocycles. The SMILES string of the molecule is CCOCCCCC(=O)CS(=O)(=O)Cc1nc(-c2ccccc2Cl)oc1C. The first-order chi connectivity index (χ1) is 12.8. The van der Waals surface area contributed by atoms with Gasteiger partial charge in [-0.2, -0.15) is 0 Å². The van der Waals surface area contributed by atoms with Crippen molar-refractivity contribution in [1.82, 2.24) is 4.98 Å². The summed E-state index contributed by atoms with van der Waals surface area (Å²) >= 11 is 6.13. The first kappa shape index (κ1) is 21.6. The Bertz CT molecular complexity index is 876. The van der Waals surface area contributed by atoms with E-state index in [4.69, 9.17) is 20.8 Å². The van der Waals surface area contributed by atoms with Gasteiger partial charge in [0, 0.05) is 19.6 Å². The molecule has 148 valence electrons. The number of benzene rings is 1. The third-order valence-corrected chi connectivity index (χ3v) is 5.74. The van der Waals surface area contributed by atoms with Crippen LogP contribution in [0.4, 0.5) is 0 Å². The van der Waals surface area contributed by atoms with Gasteiger partial charge in [0.25, 0.3) is 0 Å². The van der Waals surface area contributed by atoms with Gasteiger partial charge in [-0.25, -0.2) is 13.4 Å². The summed E-state index contributed by atoms with van der Waals surface area (Å²) in [4.78, 5) is 16.2. The molecule has 0 saturated heterocycles. The molecule has 0 amide bonds. The number of rotatable bonds is 11. The Kier molecular flexibility index (Phi) is 8.01. The summed E-state index contributed by atoms with van der Waals surface area (Å²) < 4.78 is 35.5. The van der Waals surface area contributed by atoms with Crippen molar-refractivity contribution in [2.24, 2.45) is 0 Å². The molecule has 2 rings (SSSR count). The molecule has 6 nitrogen and oxygen atoms in total. The average molecular weight is 414 g/mol. The second-order valence-corrected chi connectivity index (χ2v) is 8.70. The molecule has 0 radical (unpaired) electrons. The van der Waals surface area contributed by atoms with Crippen molar-refractivity contribution < 1.29 is 22.4 Å². The van der Waals surface area contributed by atoms with Crippen molar-refractivity contribution in [3.63, 3.8) is 0 Å². The first-order valence-corrected chi connectivity index (χ1v) is 11.0. The minimum atomic E-state index is -3.62. The van der Waals surface area contributed by atoms with E-state index in [1.165, 1.54) is 0 Å². The number of ether oxygens (including phenoxy) is 1. The molecular formula is C19H24ClNO5S. The second kappa shape index (κ2) is 10.0. The minimum absolute atomic E-state index is 0.231. The van der Waals surface area contributed by atoms with Gasteiger partial charge in [0.15, 0.2) is 9.84 Å². The third-order valence-electron chi connectivity index (χ3n) is 3.93. The highest BCUT2D eigenvalue weighted by molar-refractivity contribution is 7.91. The van der Waals surface area contributed by atoms with E-state index < -0.39 is 15.6 Å². The number of carbonyl (C=O) groups excluding carboxylic acids is 1. The van der Waals surface area contributed by atoms with Crippen molar-refractivity contribution in [3.05, 3.63) is 40.7 Å². The van der Waals surface area contributed by atoms with E-state index in [-0.39, 0.29) is 23.8 Å². The zero-order valence-electron chi connectivity index (χ0n) is 15.5. The maximum atomic E-state index is 12.4. The van der Waals surface area contributed by atoms with Crippen LogP contribution < -0.4 is 0 Å². The van der Waals surface area contributed by atoms with Crippen LogP contribution in [-0.4, -0.2) is 38.2 Å². The zero-order chi connectivity index (χ0) is 19.9. The molecule has 0 aliphatic carbocycles. The number of aryl methyl sites for hydroxylation is 1. The smallest absolute Gasteiger partial charge is 0.228 e. The van der Waals surface area contributed by atoms with Crippen LogP contribution in [0.25, 0.3) is 11.5 Å². The number of halogens is 1. The highest BCUT2D eigenvalue weighted by atomic mass is 35.5. The van der Waals surface area contributed by atoms with Crippen LogP contribution in [-0.2, 0) is 25.1 Å². The summed E-state index contributed by atoms with van der Waals surface area (Å²) in [6, 6.07) is 7.03. The lowest BCUT2D eigenvalue weighted by molar-refractivity contribution is -0.116. The standard InChI is InChI=1S/C19H24ClNO5S/c1-3-25-11-7-6-8-15(22)12-27(23,24)13-18-14(2)26-19(21-18)16-9-4-5-10-17(16)20/h4-5,9-10H,3,6-8,11-13H2,1-2H3. The topological polar surface area (TPSA) is 86.5 Å². The number of carbonyl (C=O) groups is 1. The van der Waals surface area contributed by atoms with Gasteiger partial charge < -0.3 is 9.15 Å². The fraction of sp³-hybridized carbons (Fsp3) is 0.474. The van der Waals surface area contributed by atoms with Crippen molar-refractivity contribution in [2.75, 3.05) is 19.0 Å². The highest BCUT2D eigenvalue weighted by Gasteiger charge is 2.22. The molecule has 1 aromatic heterocycles. The Morgan fingerprint density at radius 1 is 1.26 bits per heavy atom. The van der Waals surface area contributed by atoms with Crippen LogP contribution in [0.3, 0.4) is 0 Å². The van der Waals surface area contributed by atoms with Crippen LogP contribution in [0.15, 0.2) is 28.7 Å². The largest absolute Gasteiger partial charge is 0.441 e. The predicted molar refractivity (Wildman–Crippen MR) is 105 cm³/mol. The number of sulfone groups is 1. The van der Waals surface area contributed by atoms with Gasteiger partial charge >= 0.3 is 0 Å². The number of Topliss-reactive ketones (excluding diaryl/α,β-unsaturated/α-hetero) is 1. The van der Waals surface area contributed by atoms with Crippen molar-refractivity contribution in [1.29, 1.82) is 0 Å². The van der Waals surface area contributed by atoms with Crippen LogP contribution in [0.2, 0.25) is 5.02 Å². The van der Waals surface area contributed by atoms with Gasteiger partial charge in [-0.3, -0.25) is 4.79 Å². The van der Waals surface area contributed by atoms with E-state index >= 15 is 0 Å². The second-order valence-electron chi connectivity index (χ2n) is 6.23. The monoisotopic (exact) mass is 413 g/mol. The summed E-state index contributed by atoms with van der Waals surface area (Å²) in [6.45, 7) is 4.77. The molecule has 27 heavy (non-hydrogen) atoms. The van der Waals surface area contributed by atoms with E-state index in [1.54, 1.807) is 31.2 Å². The summed E-state index contributed by atoms with van der Waals surface area (Å²) in [5.74, 6) is -0.450. The van der Waals surface area contributed by atoms with Gasteiger partial charge in [-0.1, -0.05) is 23.7 Å². The van der Waals surface area contributed by atoms with Gasteiger partial charge in [-0.15, -0.1) is 0 Å². The van der Waals surface area contributed by atoms with Crippen LogP contribution in [0.5, 0.6) is 0 Å². The number of hydrogen-bond donors (Lipinski definition) is 0. The average Bonchev–Trinajstić information content (AvgIpc) is 2.94. The molecule has 0 atom stereocenters. The van der Waals surface area contributed by atoms with E-state index in [0.29, 0.717) is 41.7 Å². The van der Waals surface area contributed by atoms with Crippen LogP contribution >= 0.6 is 11.6 Å². The normalized spacial score (nSPS) is 11.7. The lowest BCUT2D eigenvalue weighted by Crippen LogP contribution is -2.18. The van der Waals surface area contributed by atoms with Crippen LogP contribution in [0, 0.1) is 6.92 Å². The van der Waals surface area contributed by atoms with Crippen molar-refractivity contribution in [3.8, 4) is 11.5 Å². The minimum Gasteiger partial charge on any atom is -0.441 e. The van der Waals surface area contributed by atoms with Crippen molar-refractivity contribution in [2.45, 2.75) is 38.9 Å². The van der Waals surface area contributed by atoms with Crippen LogP contribution in [0.1, 0.15) is 37.6 Å². The van der Waals surface area contributed by atoms with E-state index in [1.807, 2.05) is 6.92 Å². The number of unbranched alkanes of at least 4 members (excludes halogenated alkanes) is 1. The van der Waals surface area contributed by atoms with Gasteiger partial charge in [0.2, 0.25) is 5.89 Å². The summed E-state index contributed by atoms with van der Waals surface area (Å²) in [6.07, 6.45) is 1.59. The van der Waals surface area contributed by atoms with E-state index in [2.05, 4.69) is 4.98 Å². The first-order valence-electron chi connectivity index (χ1n) is 8.83. The number of hydrogen-bond acceptors (Lipinski definition) is 6. The molecule has 0 aliphatic rings. The third kappa shape index (κ3) is 6.75. The molecule has 0 bridgehead atoms. The van der Waals surface area contributed by atoms with Gasteiger partial charge in [0.1, 0.15) is 17.3 Å². The molecule has 0 aliphatic heterocycles. The quantitative estimate of drug-likeness (QED) is 0.517. The molecule has 0 fully saturated rings. The Labute approximate surface area is 164 Å². The fourth-order valence-electron chi connectivity index (χ4n) is 2.56. The lowest BCUT2D eigenvalue weighted by atomic mass is 10.2. The number of ketones is 1. The van der Waals surface area contributed by atoms with Crippen molar-refractivity contribution >= 4 is 27.2 Å². The summed E-state index contributed by atoms with van der Waals surface area (Å²) in [7, 11) is -3.62. The number of aromatic nitrogens is 1. The molecule has 2 aromatic rings. The maximum absolute atomic E-state index is 12.4. The molecule has 0 spiro atoms. The lowest BCUT2D eigenvalue weighted by Gasteiger charge is -2.03. The Hall–Kier alpha value is -1.70. The molecule has 0 N–H and O–H groups in total. The maximum Gasteiger partial charge on any atom is 0.228 e. The van der Waals surface area contributed by atoms with Gasteiger partial charge in [-0.05, 0) is 38.8 Å². The fourth-order valence-corrected chi connectivity index (χ4v) is 4.20. The molecule has 0 unspecified atom stereocenters. The zero-order valence-corrected chi connectivity index (χ0v) is 17.1.